The molecule has 1 saturated heterocycles. The molecule has 1 aromatic rings. The first-order chi connectivity index (χ1) is 10.4. The van der Waals surface area contributed by atoms with Gasteiger partial charge in [-0.1, -0.05) is 12.7 Å². The molecule has 116 valence electrons. The van der Waals surface area contributed by atoms with Gasteiger partial charge in [-0.2, -0.15) is 0 Å². The van der Waals surface area contributed by atoms with E-state index in [-0.39, 0.29) is 0 Å². The number of hydrogen-bond acceptors (Lipinski definition) is 2. The quantitative estimate of drug-likeness (QED) is 0.481. The van der Waals surface area contributed by atoms with Gasteiger partial charge in [-0.05, 0) is 24.3 Å². The number of morpholine rings is 1. The van der Waals surface area contributed by atoms with E-state index in [1.807, 2.05) is 12.1 Å². The number of hydrogen-bond donors (Lipinski definition) is 2. The highest BCUT2D eigenvalue weighted by Crippen LogP contribution is 2.11. The van der Waals surface area contributed by atoms with E-state index in [1.54, 1.807) is 11.0 Å². The minimum absolute atomic E-state index is 0.565. The lowest BCUT2D eigenvalue weighted by Gasteiger charge is -2.23. The summed E-state index contributed by atoms with van der Waals surface area (Å²) < 4.78 is 10.9. The summed E-state index contributed by atoms with van der Waals surface area (Å²) in [6.45, 7) is 11.9. The van der Waals surface area contributed by atoms with Crippen LogP contribution in [0, 0.1) is 0 Å². The molecular formula is C17H28N2O2+2. The summed E-state index contributed by atoms with van der Waals surface area (Å²) in [5.41, 5.74) is 1.35. The Morgan fingerprint density at radius 2 is 2.00 bits per heavy atom. The van der Waals surface area contributed by atoms with Crippen LogP contribution in [0.5, 0.6) is 5.75 Å². The largest absolute Gasteiger partial charge is 0.490 e. The Bertz CT molecular complexity index is 400. The summed E-state index contributed by atoms with van der Waals surface area (Å²) in [4.78, 5) is 1.69. The van der Waals surface area contributed by atoms with E-state index < -0.39 is 0 Å². The van der Waals surface area contributed by atoms with Crippen molar-refractivity contribution in [2.24, 2.45) is 0 Å². The molecule has 1 aliphatic rings. The Balaban J connectivity index is 1.56. The highest BCUT2D eigenvalue weighted by molar-refractivity contribution is 5.26. The van der Waals surface area contributed by atoms with Crippen molar-refractivity contribution in [3.8, 4) is 5.75 Å². The van der Waals surface area contributed by atoms with Crippen molar-refractivity contribution in [1.82, 2.24) is 0 Å². The van der Waals surface area contributed by atoms with Crippen LogP contribution in [-0.2, 0) is 11.3 Å². The lowest BCUT2D eigenvalue weighted by atomic mass is 10.2. The third-order valence-electron chi connectivity index (χ3n) is 3.81. The number of nitrogens with two attached hydrogens (primary N) is 1. The second-order valence-corrected chi connectivity index (χ2v) is 5.49. The molecule has 0 bridgehead atoms. The summed E-state index contributed by atoms with van der Waals surface area (Å²) in [6.07, 6.45) is 3.04. The van der Waals surface area contributed by atoms with Crippen LogP contribution in [0.15, 0.2) is 36.9 Å². The number of quaternary nitrogens is 2. The molecule has 0 radical (unpaired) electrons. The third kappa shape index (κ3) is 6.29. The molecule has 0 atom stereocenters. The maximum Gasteiger partial charge on any atom is 0.119 e. The van der Waals surface area contributed by atoms with E-state index in [4.69, 9.17) is 9.47 Å². The minimum Gasteiger partial charge on any atom is -0.490 e. The van der Waals surface area contributed by atoms with Gasteiger partial charge >= 0.3 is 0 Å². The van der Waals surface area contributed by atoms with Crippen LogP contribution < -0.4 is 15.0 Å². The first-order valence-electron chi connectivity index (χ1n) is 7.94. The number of nitrogens with one attached hydrogen (secondary N) is 1. The molecule has 1 heterocycles. The molecule has 0 aliphatic carbocycles. The molecule has 0 saturated carbocycles. The predicted molar refractivity (Wildman–Crippen MR) is 83.6 cm³/mol. The number of rotatable bonds is 9. The molecule has 2 rings (SSSR count). The lowest BCUT2D eigenvalue weighted by molar-refractivity contribution is -0.909. The van der Waals surface area contributed by atoms with Gasteiger partial charge in [-0.25, -0.2) is 0 Å². The molecule has 1 aliphatic heterocycles. The molecule has 0 amide bonds. The average Bonchev–Trinajstić information content (AvgIpc) is 2.55. The Labute approximate surface area is 127 Å². The van der Waals surface area contributed by atoms with E-state index in [0.717, 1.165) is 25.5 Å². The highest BCUT2D eigenvalue weighted by Gasteiger charge is 2.12. The molecule has 1 fully saturated rings. The van der Waals surface area contributed by atoms with Crippen molar-refractivity contribution >= 4 is 0 Å². The zero-order valence-corrected chi connectivity index (χ0v) is 12.9. The smallest absolute Gasteiger partial charge is 0.119 e. The normalized spacial score (nSPS) is 15.8. The molecular weight excluding hydrogens is 264 g/mol. The maximum absolute atomic E-state index is 5.48. The van der Waals surface area contributed by atoms with Gasteiger partial charge in [0.1, 0.15) is 32.0 Å². The number of ether oxygens (including phenoxy) is 2. The van der Waals surface area contributed by atoms with E-state index in [9.17, 15) is 0 Å². The Morgan fingerprint density at radius 1 is 1.24 bits per heavy atom. The molecule has 1 aromatic carbocycles. The maximum atomic E-state index is 5.48. The summed E-state index contributed by atoms with van der Waals surface area (Å²) in [6, 6.07) is 8.35. The summed E-state index contributed by atoms with van der Waals surface area (Å²) >= 11 is 0. The van der Waals surface area contributed by atoms with Gasteiger partial charge in [-0.3, -0.25) is 0 Å². The van der Waals surface area contributed by atoms with Crippen LogP contribution in [-0.4, -0.2) is 46.0 Å². The Kier molecular flexibility index (Phi) is 7.29. The SMILES string of the molecule is C=CCOc1ccc(C[NH2+]CCC[NH+]2CCOCC2)cc1. The van der Waals surface area contributed by atoms with E-state index >= 15 is 0 Å². The van der Waals surface area contributed by atoms with Gasteiger partial charge in [0.15, 0.2) is 0 Å². The van der Waals surface area contributed by atoms with Gasteiger partial charge in [0.2, 0.25) is 0 Å². The van der Waals surface area contributed by atoms with Gasteiger partial charge < -0.3 is 19.7 Å². The fourth-order valence-corrected chi connectivity index (χ4v) is 2.55. The molecule has 4 nitrogen and oxygen atoms in total. The Morgan fingerprint density at radius 3 is 2.71 bits per heavy atom. The van der Waals surface area contributed by atoms with E-state index in [1.165, 1.54) is 38.2 Å². The summed E-state index contributed by atoms with van der Waals surface area (Å²) in [7, 11) is 0. The van der Waals surface area contributed by atoms with Crippen molar-refractivity contribution < 1.29 is 19.7 Å². The van der Waals surface area contributed by atoms with Crippen molar-refractivity contribution in [1.29, 1.82) is 0 Å². The van der Waals surface area contributed by atoms with E-state index in [2.05, 4.69) is 24.0 Å². The fourth-order valence-electron chi connectivity index (χ4n) is 2.55. The predicted octanol–water partition coefficient (Wildman–Crippen LogP) is -0.380. The molecule has 4 heteroatoms. The molecule has 21 heavy (non-hydrogen) atoms. The fraction of sp³-hybridized carbons (Fsp3) is 0.529. The van der Waals surface area contributed by atoms with Gasteiger partial charge in [0.25, 0.3) is 0 Å². The van der Waals surface area contributed by atoms with Crippen molar-refractivity contribution in [2.45, 2.75) is 13.0 Å². The van der Waals surface area contributed by atoms with Gasteiger partial charge in [-0.15, -0.1) is 0 Å². The summed E-state index contributed by atoms with van der Waals surface area (Å²) in [5, 5.41) is 2.39. The number of benzene rings is 1. The second-order valence-electron chi connectivity index (χ2n) is 5.49. The minimum atomic E-state index is 0.565. The second kappa shape index (κ2) is 9.55. The molecule has 0 spiro atoms. The standard InChI is InChI=1S/C17H26N2O2/c1-2-12-21-17-6-4-16(5-7-17)15-18-8-3-9-19-10-13-20-14-11-19/h2,4-7,18H,1,3,8-15H2/p+2. The topological polar surface area (TPSA) is 39.5 Å². The first kappa shape index (κ1) is 16.0. The van der Waals surface area contributed by atoms with Crippen LogP contribution in [0.3, 0.4) is 0 Å². The Hall–Kier alpha value is -1.36. The summed E-state index contributed by atoms with van der Waals surface area (Å²) in [5.74, 6) is 0.912. The first-order valence-corrected chi connectivity index (χ1v) is 7.94. The highest BCUT2D eigenvalue weighted by atomic mass is 16.5. The van der Waals surface area contributed by atoms with Crippen LogP contribution in [0.1, 0.15) is 12.0 Å². The molecule has 0 aromatic heterocycles. The average molecular weight is 292 g/mol. The van der Waals surface area contributed by atoms with Crippen LogP contribution in [0.25, 0.3) is 0 Å². The van der Waals surface area contributed by atoms with Crippen LogP contribution in [0.2, 0.25) is 0 Å². The van der Waals surface area contributed by atoms with Crippen LogP contribution >= 0.6 is 0 Å². The van der Waals surface area contributed by atoms with Gasteiger partial charge in [0, 0.05) is 12.0 Å². The van der Waals surface area contributed by atoms with Gasteiger partial charge in [0.05, 0.1) is 26.3 Å². The van der Waals surface area contributed by atoms with E-state index in [0.29, 0.717) is 6.61 Å². The monoisotopic (exact) mass is 292 g/mol. The van der Waals surface area contributed by atoms with Crippen molar-refractivity contribution in [3.63, 3.8) is 0 Å². The zero-order chi connectivity index (χ0) is 14.8. The zero-order valence-electron chi connectivity index (χ0n) is 12.9. The molecule has 0 unspecified atom stereocenters. The molecule has 3 N–H and O–H groups in total. The van der Waals surface area contributed by atoms with Crippen molar-refractivity contribution in [2.75, 3.05) is 46.0 Å². The van der Waals surface area contributed by atoms with Crippen LogP contribution in [0.4, 0.5) is 0 Å². The third-order valence-corrected chi connectivity index (χ3v) is 3.81. The van der Waals surface area contributed by atoms with Crippen molar-refractivity contribution in [3.05, 3.63) is 42.5 Å². The lowest BCUT2D eigenvalue weighted by Crippen LogP contribution is -3.14.